The van der Waals surface area contributed by atoms with E-state index in [-0.39, 0.29) is 11.9 Å². The summed E-state index contributed by atoms with van der Waals surface area (Å²) in [6, 6.07) is 24.1. The largest absolute Gasteiger partial charge is 0.573 e. The number of hydrogen-bond acceptors (Lipinski definition) is 7. The van der Waals surface area contributed by atoms with Crippen molar-refractivity contribution in [3.8, 4) is 17.6 Å². The first-order valence-electron chi connectivity index (χ1n) is 15.8. The molecule has 0 spiro atoms. The van der Waals surface area contributed by atoms with Gasteiger partial charge in [0.15, 0.2) is 0 Å². The van der Waals surface area contributed by atoms with Gasteiger partial charge in [-0.3, -0.25) is 14.6 Å². The molecule has 8 nitrogen and oxygen atoms in total. The van der Waals surface area contributed by atoms with E-state index in [1.54, 1.807) is 12.1 Å². The molecule has 47 heavy (non-hydrogen) atoms. The Balaban J connectivity index is 0.000000207. The number of fused-ring (bicyclic) bond motifs is 1. The van der Waals surface area contributed by atoms with E-state index in [1.165, 1.54) is 17.7 Å². The van der Waals surface area contributed by atoms with Gasteiger partial charge in [-0.25, -0.2) is 0 Å². The molecule has 0 saturated carbocycles. The number of aryl methyl sites for hydroxylation is 1. The Morgan fingerprint density at radius 1 is 0.872 bits per heavy atom. The molecular weight excluding hydrogens is 609 g/mol. The van der Waals surface area contributed by atoms with Crippen molar-refractivity contribution in [3.63, 3.8) is 0 Å². The van der Waals surface area contributed by atoms with Crippen LogP contribution in [0, 0.1) is 18.3 Å². The van der Waals surface area contributed by atoms with Crippen LogP contribution in [0.4, 0.5) is 13.2 Å². The van der Waals surface area contributed by atoms with Gasteiger partial charge >= 0.3 is 6.36 Å². The summed E-state index contributed by atoms with van der Waals surface area (Å²) < 4.78 is 52.4. The number of rotatable bonds is 9. The third-order valence-electron chi connectivity index (χ3n) is 8.39. The third-order valence-corrected chi connectivity index (χ3v) is 8.39. The molecule has 1 aromatic heterocycles. The standard InChI is InChI=1S/C22H22F3NO3.C14H17N3O/c1-15-12-17-13-20(6-7-21(17)27-15)28-18-8-10-26(11-9-18)14-16-2-4-19(5-3-16)29-22(23,24)25;15-9-12-1-3-13(4-2-12)10-17-7-5-14(6-8-17)16-11-18/h2-7,12-13,18H,8-11,14H2,1H3;1-4,11,14H,5-8,10H2,(H,16,18). The number of likely N-dealkylation sites (tertiary alicyclic amines) is 2. The highest BCUT2D eigenvalue weighted by Crippen LogP contribution is 2.27. The minimum absolute atomic E-state index is 0.152. The Morgan fingerprint density at radius 3 is 2.02 bits per heavy atom. The van der Waals surface area contributed by atoms with Gasteiger partial charge in [-0.1, -0.05) is 24.3 Å². The monoisotopic (exact) mass is 648 g/mol. The van der Waals surface area contributed by atoms with Crippen LogP contribution in [-0.2, 0) is 17.9 Å². The molecule has 1 amide bonds. The zero-order valence-electron chi connectivity index (χ0n) is 26.3. The molecule has 2 saturated heterocycles. The summed E-state index contributed by atoms with van der Waals surface area (Å²) in [5.41, 5.74) is 3.75. The third kappa shape index (κ3) is 10.5. The van der Waals surface area contributed by atoms with E-state index in [0.717, 1.165) is 92.9 Å². The van der Waals surface area contributed by atoms with Crippen LogP contribution in [0.2, 0.25) is 0 Å². The second-order valence-electron chi connectivity index (χ2n) is 12.0. The first-order valence-corrected chi connectivity index (χ1v) is 15.8. The molecule has 2 aliphatic heterocycles. The van der Waals surface area contributed by atoms with E-state index in [4.69, 9.17) is 14.4 Å². The van der Waals surface area contributed by atoms with Crippen molar-refractivity contribution < 1.29 is 31.9 Å². The normalized spacial score (nSPS) is 16.6. The van der Waals surface area contributed by atoms with E-state index >= 15 is 0 Å². The molecule has 0 aliphatic carbocycles. The summed E-state index contributed by atoms with van der Waals surface area (Å²) >= 11 is 0. The molecule has 248 valence electrons. The average molecular weight is 649 g/mol. The molecule has 1 N–H and O–H groups in total. The van der Waals surface area contributed by atoms with Gasteiger partial charge in [0.1, 0.15) is 28.9 Å². The zero-order valence-corrected chi connectivity index (χ0v) is 26.3. The maximum atomic E-state index is 12.2. The number of carbonyl (C=O) groups excluding carboxylic acids is 1. The van der Waals surface area contributed by atoms with E-state index in [1.807, 2.05) is 55.5 Å². The molecule has 11 heteroatoms. The van der Waals surface area contributed by atoms with E-state index < -0.39 is 6.36 Å². The number of amides is 1. The second-order valence-corrected chi connectivity index (χ2v) is 12.0. The van der Waals surface area contributed by atoms with Gasteiger partial charge in [0.2, 0.25) is 6.41 Å². The highest BCUT2D eigenvalue weighted by Gasteiger charge is 2.31. The Labute approximate surface area is 272 Å². The smallest absolute Gasteiger partial charge is 0.490 e. The van der Waals surface area contributed by atoms with Gasteiger partial charge in [-0.2, -0.15) is 5.26 Å². The number of hydrogen-bond donors (Lipinski definition) is 1. The summed E-state index contributed by atoms with van der Waals surface area (Å²) in [6.07, 6.45) is 0.101. The molecule has 6 rings (SSSR count). The first-order chi connectivity index (χ1) is 22.7. The molecule has 3 heterocycles. The van der Waals surface area contributed by atoms with Crippen molar-refractivity contribution in [1.29, 1.82) is 5.26 Å². The van der Waals surface area contributed by atoms with Gasteiger partial charge in [-0.15, -0.1) is 13.2 Å². The van der Waals surface area contributed by atoms with E-state index in [9.17, 15) is 18.0 Å². The molecule has 2 aliphatic rings. The quantitative estimate of drug-likeness (QED) is 0.197. The second kappa shape index (κ2) is 15.8. The predicted octanol–water partition coefficient (Wildman–Crippen LogP) is 6.95. The van der Waals surface area contributed by atoms with Gasteiger partial charge < -0.3 is 19.2 Å². The maximum Gasteiger partial charge on any atom is 0.573 e. The van der Waals surface area contributed by atoms with Gasteiger partial charge in [-0.05, 0) is 92.3 Å². The number of ether oxygens (including phenoxy) is 2. The summed E-state index contributed by atoms with van der Waals surface area (Å²) in [7, 11) is 0. The van der Waals surface area contributed by atoms with Crippen LogP contribution >= 0.6 is 0 Å². The van der Waals surface area contributed by atoms with Gasteiger partial charge in [0, 0.05) is 50.7 Å². The molecule has 0 bridgehead atoms. The lowest BCUT2D eigenvalue weighted by Crippen LogP contribution is -2.41. The lowest BCUT2D eigenvalue weighted by molar-refractivity contribution is -0.274. The van der Waals surface area contributed by atoms with Crippen LogP contribution in [-0.4, -0.2) is 60.9 Å². The maximum absolute atomic E-state index is 12.2. The number of benzene rings is 3. The number of nitriles is 1. The lowest BCUT2D eigenvalue weighted by atomic mass is 10.0. The van der Waals surface area contributed by atoms with Crippen molar-refractivity contribution in [1.82, 2.24) is 15.1 Å². The van der Waals surface area contributed by atoms with E-state index in [2.05, 4.69) is 25.9 Å². The van der Waals surface area contributed by atoms with E-state index in [0.29, 0.717) is 18.2 Å². The molecule has 0 atom stereocenters. The fraction of sp³-hybridized carbons (Fsp3) is 0.389. The summed E-state index contributed by atoms with van der Waals surface area (Å²) in [5, 5.41) is 12.6. The topological polar surface area (TPSA) is 91.0 Å². The summed E-state index contributed by atoms with van der Waals surface area (Å²) in [4.78, 5) is 15.0. The van der Waals surface area contributed by atoms with Crippen LogP contribution in [0.1, 0.15) is 48.1 Å². The molecule has 2 fully saturated rings. The van der Waals surface area contributed by atoms with Gasteiger partial charge in [0.05, 0.1) is 11.6 Å². The first kappa shape index (κ1) is 33.8. The number of alkyl halides is 3. The van der Waals surface area contributed by atoms with Gasteiger partial charge in [0.25, 0.3) is 0 Å². The van der Waals surface area contributed by atoms with Crippen LogP contribution in [0.15, 0.2) is 77.2 Å². The number of nitrogens with zero attached hydrogens (tertiary/aromatic N) is 3. The van der Waals surface area contributed by atoms with Crippen molar-refractivity contribution in [3.05, 3.63) is 95.2 Å². The molecule has 0 radical (unpaired) electrons. The minimum atomic E-state index is -4.66. The fourth-order valence-electron chi connectivity index (χ4n) is 5.96. The Hall–Kier alpha value is -4.53. The lowest BCUT2D eigenvalue weighted by Gasteiger charge is -2.32. The molecule has 0 unspecified atom stereocenters. The molecule has 4 aromatic rings. The number of nitrogens with one attached hydrogen (secondary N) is 1. The Kier molecular flexibility index (Phi) is 11.4. The SMILES string of the molecule is Cc1cc2cc(OC3CCN(Cc4ccc(OC(F)(F)F)cc4)CC3)ccc2o1.N#Cc1ccc(CN2CCC(NC=O)CC2)cc1. The van der Waals surface area contributed by atoms with Crippen LogP contribution in [0.5, 0.6) is 11.5 Å². The average Bonchev–Trinajstić information content (AvgIpc) is 3.43. The highest BCUT2D eigenvalue weighted by atomic mass is 19.4. The zero-order chi connectivity index (χ0) is 33.2. The number of halogens is 3. The van der Waals surface area contributed by atoms with Crippen LogP contribution in [0.3, 0.4) is 0 Å². The summed E-state index contributed by atoms with van der Waals surface area (Å²) in [5.74, 6) is 1.53. The Morgan fingerprint density at radius 2 is 1.45 bits per heavy atom. The predicted molar refractivity (Wildman–Crippen MR) is 172 cm³/mol. The Bertz CT molecular complexity index is 1620. The molecule has 3 aromatic carbocycles. The number of carbonyl (C=O) groups is 1. The highest BCUT2D eigenvalue weighted by molar-refractivity contribution is 5.79. The number of piperidine rings is 2. The molecular formula is C36H39F3N4O4. The summed E-state index contributed by atoms with van der Waals surface area (Å²) in [6.45, 7) is 7.29. The van der Waals surface area contributed by atoms with Crippen molar-refractivity contribution in [2.45, 2.75) is 64.2 Å². The van der Waals surface area contributed by atoms with Crippen LogP contribution in [0.25, 0.3) is 11.0 Å². The minimum Gasteiger partial charge on any atom is -0.490 e. The van der Waals surface area contributed by atoms with Crippen molar-refractivity contribution in [2.24, 2.45) is 0 Å². The van der Waals surface area contributed by atoms with Crippen molar-refractivity contribution >= 4 is 17.4 Å². The van der Waals surface area contributed by atoms with Crippen molar-refractivity contribution in [2.75, 3.05) is 26.2 Å². The van der Waals surface area contributed by atoms with Crippen LogP contribution < -0.4 is 14.8 Å². The number of furan rings is 1. The fourth-order valence-corrected chi connectivity index (χ4v) is 5.96.